The quantitative estimate of drug-likeness (QED) is 0.473. The Bertz CT molecular complexity index is 1390. The lowest BCUT2D eigenvalue weighted by molar-refractivity contribution is -0.132. The van der Waals surface area contributed by atoms with Crippen LogP contribution in [-0.4, -0.2) is 41.6 Å². The second kappa shape index (κ2) is 10.3. The molecule has 1 saturated carbocycles. The molecule has 1 aliphatic carbocycles. The number of nitrogens with zero attached hydrogens (tertiary/aromatic N) is 2. The summed E-state index contributed by atoms with van der Waals surface area (Å²) in [5, 5.41) is 15.2. The minimum absolute atomic E-state index is 0.00140. The Balaban J connectivity index is 1.30. The summed E-state index contributed by atoms with van der Waals surface area (Å²) in [5.74, 6) is -0.949. The van der Waals surface area contributed by atoms with E-state index in [2.05, 4.69) is 10.3 Å². The first-order valence-corrected chi connectivity index (χ1v) is 13.0. The van der Waals surface area contributed by atoms with Gasteiger partial charge >= 0.3 is 0 Å². The van der Waals surface area contributed by atoms with Crippen molar-refractivity contribution in [3.8, 4) is 5.75 Å². The third kappa shape index (κ3) is 4.63. The molecule has 2 heterocycles. The number of rotatable bonds is 6. The smallest absolute Gasteiger partial charge is 0.268 e. The van der Waals surface area contributed by atoms with Gasteiger partial charge in [-0.1, -0.05) is 29.8 Å². The lowest BCUT2D eigenvalue weighted by atomic mass is 9.85. The molecule has 0 saturated heterocycles. The number of hydrogen-bond donors (Lipinski definition) is 2. The number of carbonyl (C=O) groups is 2. The van der Waals surface area contributed by atoms with Crippen molar-refractivity contribution in [3.63, 3.8) is 0 Å². The van der Waals surface area contributed by atoms with Gasteiger partial charge in [-0.25, -0.2) is 4.39 Å². The molecule has 1 fully saturated rings. The van der Waals surface area contributed by atoms with E-state index in [-0.39, 0.29) is 23.4 Å². The fourth-order valence-corrected chi connectivity index (χ4v) is 5.69. The standard InChI is InChI=1S/C29H29ClFN3O4/c1-17-22(13-19(30)15-32-17)27(35)33-20-9-7-18(8-10-20)16-34-26-6-4-3-5-23(26)29(37,28(34)36)24-14-21(38-2)11-12-25(24)31/h3-6,11-15,18,20,37H,7-10,16H2,1-2H3,(H,33,35). The summed E-state index contributed by atoms with van der Waals surface area (Å²) in [7, 11) is 1.45. The number of ether oxygens (including phenoxy) is 1. The third-order valence-corrected chi connectivity index (χ3v) is 7.83. The molecule has 7 nitrogen and oxygen atoms in total. The van der Waals surface area contributed by atoms with Crippen molar-refractivity contribution in [2.75, 3.05) is 18.6 Å². The fourth-order valence-electron chi connectivity index (χ4n) is 5.53. The molecule has 0 spiro atoms. The second-order valence-electron chi connectivity index (χ2n) is 9.97. The summed E-state index contributed by atoms with van der Waals surface area (Å²) in [6.07, 6.45) is 4.59. The number of carbonyl (C=O) groups excluding carboxylic acids is 2. The van der Waals surface area contributed by atoms with E-state index in [9.17, 15) is 19.1 Å². The first-order valence-electron chi connectivity index (χ1n) is 12.6. The van der Waals surface area contributed by atoms with Crippen LogP contribution in [0.2, 0.25) is 5.02 Å². The zero-order chi connectivity index (χ0) is 27.0. The van der Waals surface area contributed by atoms with Crippen LogP contribution in [0.5, 0.6) is 5.75 Å². The molecule has 2 aromatic carbocycles. The first kappa shape index (κ1) is 26.1. The number of nitrogens with one attached hydrogen (secondary N) is 1. The normalized spacial score (nSPS) is 22.8. The number of para-hydroxylation sites is 1. The van der Waals surface area contributed by atoms with E-state index in [1.807, 2.05) is 0 Å². The van der Waals surface area contributed by atoms with Crippen LogP contribution < -0.4 is 15.0 Å². The Kier molecular flexibility index (Phi) is 7.11. The van der Waals surface area contributed by atoms with Gasteiger partial charge in [0.15, 0.2) is 5.60 Å². The second-order valence-corrected chi connectivity index (χ2v) is 10.4. The molecule has 0 radical (unpaired) electrons. The van der Waals surface area contributed by atoms with Crippen molar-refractivity contribution in [1.29, 1.82) is 0 Å². The van der Waals surface area contributed by atoms with E-state index in [4.69, 9.17) is 16.3 Å². The molecular weight excluding hydrogens is 509 g/mol. The molecule has 2 aliphatic rings. The van der Waals surface area contributed by atoms with Crippen LogP contribution in [0.1, 0.15) is 52.9 Å². The van der Waals surface area contributed by atoms with E-state index in [0.29, 0.717) is 39.8 Å². The van der Waals surface area contributed by atoms with Gasteiger partial charge < -0.3 is 20.1 Å². The molecule has 3 aromatic rings. The number of fused-ring (bicyclic) bond motifs is 1. The number of halogens is 2. The van der Waals surface area contributed by atoms with Gasteiger partial charge in [0, 0.05) is 29.9 Å². The van der Waals surface area contributed by atoms with Crippen LogP contribution in [0.4, 0.5) is 10.1 Å². The predicted octanol–water partition coefficient (Wildman–Crippen LogP) is 4.76. The SMILES string of the molecule is COc1ccc(F)c(C2(O)C(=O)N(CC3CCC(NC(=O)c4cc(Cl)cnc4C)CC3)c3ccccc32)c1. The maximum atomic E-state index is 14.9. The van der Waals surface area contributed by atoms with Crippen molar-refractivity contribution < 1.29 is 23.8 Å². The monoisotopic (exact) mass is 537 g/mol. The fraction of sp³-hybridized carbons (Fsp3) is 0.345. The molecule has 0 bridgehead atoms. The molecule has 1 unspecified atom stereocenters. The molecule has 38 heavy (non-hydrogen) atoms. The lowest BCUT2D eigenvalue weighted by Crippen LogP contribution is -2.45. The first-order chi connectivity index (χ1) is 18.2. The van der Waals surface area contributed by atoms with Gasteiger partial charge in [0.1, 0.15) is 11.6 Å². The zero-order valence-electron chi connectivity index (χ0n) is 21.2. The molecule has 1 aliphatic heterocycles. The number of amides is 2. The summed E-state index contributed by atoms with van der Waals surface area (Å²) in [6, 6.07) is 12.6. The number of pyridine rings is 1. The van der Waals surface area contributed by atoms with Gasteiger partial charge in [-0.15, -0.1) is 0 Å². The van der Waals surface area contributed by atoms with Gasteiger partial charge in [0.05, 0.1) is 29.1 Å². The predicted molar refractivity (Wildman–Crippen MR) is 142 cm³/mol. The highest BCUT2D eigenvalue weighted by molar-refractivity contribution is 6.30. The molecule has 2 N–H and O–H groups in total. The highest BCUT2D eigenvalue weighted by atomic mass is 35.5. The Hall–Kier alpha value is -3.49. The summed E-state index contributed by atoms with van der Waals surface area (Å²) >= 11 is 6.01. The van der Waals surface area contributed by atoms with Crippen molar-refractivity contribution in [3.05, 3.63) is 88.0 Å². The summed E-state index contributed by atoms with van der Waals surface area (Å²) in [5.41, 5.74) is -0.280. The van der Waals surface area contributed by atoms with Crippen molar-refractivity contribution >= 4 is 29.1 Å². The number of aliphatic hydroxyl groups is 1. The average Bonchev–Trinajstić information content (AvgIpc) is 3.14. The summed E-state index contributed by atoms with van der Waals surface area (Å²) in [6.45, 7) is 2.16. The Morgan fingerprint density at radius 1 is 1.18 bits per heavy atom. The molecule has 1 atom stereocenters. The molecule has 198 valence electrons. The van der Waals surface area contributed by atoms with Gasteiger partial charge in [-0.3, -0.25) is 14.6 Å². The number of aryl methyl sites for hydroxylation is 1. The van der Waals surface area contributed by atoms with E-state index >= 15 is 0 Å². The van der Waals surface area contributed by atoms with Crippen LogP contribution in [0, 0.1) is 18.7 Å². The molecule has 2 amide bonds. The van der Waals surface area contributed by atoms with Crippen LogP contribution in [0.15, 0.2) is 54.7 Å². The van der Waals surface area contributed by atoms with Crippen LogP contribution >= 0.6 is 11.6 Å². The highest BCUT2D eigenvalue weighted by Crippen LogP contribution is 2.46. The topological polar surface area (TPSA) is 91.8 Å². The van der Waals surface area contributed by atoms with Crippen LogP contribution in [0.25, 0.3) is 0 Å². The van der Waals surface area contributed by atoms with Crippen molar-refractivity contribution in [2.45, 2.75) is 44.2 Å². The van der Waals surface area contributed by atoms with Gasteiger partial charge in [-0.2, -0.15) is 0 Å². The van der Waals surface area contributed by atoms with E-state index < -0.39 is 17.3 Å². The highest BCUT2D eigenvalue weighted by Gasteiger charge is 2.52. The maximum absolute atomic E-state index is 14.9. The van der Waals surface area contributed by atoms with Crippen LogP contribution in [0.3, 0.4) is 0 Å². The number of methoxy groups -OCH3 is 1. The summed E-state index contributed by atoms with van der Waals surface area (Å²) in [4.78, 5) is 32.2. The molecule has 9 heteroatoms. The lowest BCUT2D eigenvalue weighted by Gasteiger charge is -2.32. The van der Waals surface area contributed by atoms with E-state index in [1.54, 1.807) is 42.2 Å². The Morgan fingerprint density at radius 2 is 1.92 bits per heavy atom. The van der Waals surface area contributed by atoms with Crippen molar-refractivity contribution in [1.82, 2.24) is 10.3 Å². The third-order valence-electron chi connectivity index (χ3n) is 7.62. The minimum atomic E-state index is -2.15. The largest absolute Gasteiger partial charge is 0.497 e. The van der Waals surface area contributed by atoms with Gasteiger partial charge in [-0.05, 0) is 68.9 Å². The number of benzene rings is 2. The molecule has 1 aromatic heterocycles. The average molecular weight is 538 g/mol. The van der Waals surface area contributed by atoms with Gasteiger partial charge in [0.25, 0.3) is 11.8 Å². The maximum Gasteiger partial charge on any atom is 0.268 e. The van der Waals surface area contributed by atoms with E-state index in [1.165, 1.54) is 31.5 Å². The molecule has 5 rings (SSSR count). The van der Waals surface area contributed by atoms with Gasteiger partial charge in [0.2, 0.25) is 0 Å². The number of aromatic nitrogens is 1. The number of hydrogen-bond acceptors (Lipinski definition) is 5. The zero-order valence-corrected chi connectivity index (χ0v) is 22.0. The Morgan fingerprint density at radius 3 is 2.66 bits per heavy atom. The summed E-state index contributed by atoms with van der Waals surface area (Å²) < 4.78 is 20.2. The van der Waals surface area contributed by atoms with E-state index in [0.717, 1.165) is 25.7 Å². The minimum Gasteiger partial charge on any atom is -0.497 e. The molecular formula is C29H29ClFN3O4. The van der Waals surface area contributed by atoms with Crippen molar-refractivity contribution in [2.24, 2.45) is 5.92 Å². The van der Waals surface area contributed by atoms with Crippen LogP contribution in [-0.2, 0) is 10.4 Å². The number of anilines is 1. The Labute approximate surface area is 225 Å².